The predicted octanol–water partition coefficient (Wildman–Crippen LogP) is 2.78. The average Bonchev–Trinajstić information content (AvgIpc) is 2.74. The maximum absolute atomic E-state index is 12.4. The molecule has 1 aromatic carbocycles. The highest BCUT2D eigenvalue weighted by Gasteiger charge is 2.30. The van der Waals surface area contributed by atoms with Gasteiger partial charge < -0.3 is 5.11 Å². The number of halogens is 3. The molecule has 2 heterocycles. The number of carboxylic acid groups (broad SMARTS) is 1. The second-order valence-corrected chi connectivity index (χ2v) is 6.12. The third kappa shape index (κ3) is 3.54. The number of hydrogen-bond donors (Lipinski definition) is 1. The number of aromatic nitrogens is 3. The molecule has 0 saturated heterocycles. The van der Waals surface area contributed by atoms with Crippen LogP contribution < -0.4 is 5.69 Å². The van der Waals surface area contributed by atoms with Crippen molar-refractivity contribution in [1.29, 1.82) is 0 Å². The van der Waals surface area contributed by atoms with Gasteiger partial charge in [-0.15, -0.1) is 12.4 Å². The number of rotatable bonds is 3. The molecule has 0 aliphatic carbocycles. The van der Waals surface area contributed by atoms with Crippen LogP contribution in [0.15, 0.2) is 23.0 Å². The van der Waals surface area contributed by atoms with E-state index in [-0.39, 0.29) is 19.0 Å². The predicted molar refractivity (Wildman–Crippen MR) is 88.9 cm³/mol. The summed E-state index contributed by atoms with van der Waals surface area (Å²) in [5.74, 6) is -0.495. The van der Waals surface area contributed by atoms with Crippen molar-refractivity contribution in [2.45, 2.75) is 31.8 Å². The molecule has 124 valence electrons. The summed E-state index contributed by atoms with van der Waals surface area (Å²) in [6.45, 7) is 0.200. The number of carbonyl (C=O) groups is 1. The molecule has 0 radical (unpaired) electrons. The van der Waals surface area contributed by atoms with E-state index in [9.17, 15) is 14.7 Å². The van der Waals surface area contributed by atoms with Crippen LogP contribution in [0.4, 0.5) is 0 Å². The van der Waals surface area contributed by atoms with Crippen molar-refractivity contribution in [1.82, 2.24) is 14.3 Å². The van der Waals surface area contributed by atoms with E-state index in [1.807, 2.05) is 0 Å². The molecule has 1 N–H and O–H groups in total. The molecule has 0 fully saturated rings. The number of fused-ring (bicyclic) bond motifs is 1. The fourth-order valence-electron chi connectivity index (χ4n) is 2.74. The average molecular weight is 379 g/mol. The van der Waals surface area contributed by atoms with Gasteiger partial charge in [0, 0.05) is 16.5 Å². The Kier molecular flexibility index (Phi) is 5.39. The van der Waals surface area contributed by atoms with Crippen LogP contribution in [0.2, 0.25) is 10.0 Å². The Balaban J connectivity index is 0.00000192. The summed E-state index contributed by atoms with van der Waals surface area (Å²) in [6.07, 6.45) is 1.75. The minimum absolute atomic E-state index is 0. The first-order chi connectivity index (χ1) is 10.5. The molecule has 0 amide bonds. The van der Waals surface area contributed by atoms with E-state index in [0.717, 1.165) is 5.56 Å². The summed E-state index contributed by atoms with van der Waals surface area (Å²) in [6, 6.07) is 4.17. The lowest BCUT2D eigenvalue weighted by Gasteiger charge is -2.19. The van der Waals surface area contributed by atoms with Crippen molar-refractivity contribution >= 4 is 41.6 Å². The summed E-state index contributed by atoms with van der Waals surface area (Å²) in [5, 5.41) is 14.5. The van der Waals surface area contributed by atoms with Crippen molar-refractivity contribution in [2.75, 3.05) is 0 Å². The zero-order chi connectivity index (χ0) is 15.9. The number of aryl methyl sites for hydroxylation is 1. The highest BCUT2D eigenvalue weighted by atomic mass is 35.5. The van der Waals surface area contributed by atoms with Gasteiger partial charge in [-0.3, -0.25) is 4.57 Å². The monoisotopic (exact) mass is 377 g/mol. The van der Waals surface area contributed by atoms with E-state index < -0.39 is 17.7 Å². The van der Waals surface area contributed by atoms with Gasteiger partial charge in [-0.1, -0.05) is 23.2 Å². The Morgan fingerprint density at radius 3 is 2.57 bits per heavy atom. The Morgan fingerprint density at radius 1 is 1.30 bits per heavy atom. The van der Waals surface area contributed by atoms with Gasteiger partial charge in [0.25, 0.3) is 0 Å². The van der Waals surface area contributed by atoms with Gasteiger partial charge >= 0.3 is 11.7 Å². The Labute approximate surface area is 148 Å². The molecule has 1 aliphatic heterocycles. The van der Waals surface area contributed by atoms with Crippen LogP contribution in [0.5, 0.6) is 0 Å². The highest BCUT2D eigenvalue weighted by Crippen LogP contribution is 2.23. The lowest BCUT2D eigenvalue weighted by Crippen LogP contribution is -2.34. The molecular formula is C14H14Cl3N3O3. The van der Waals surface area contributed by atoms with Crippen molar-refractivity contribution in [3.05, 3.63) is 50.1 Å². The number of carboxylic acids is 1. The first kappa shape index (κ1) is 17.8. The lowest BCUT2D eigenvalue weighted by molar-refractivity contribution is -0.141. The van der Waals surface area contributed by atoms with Crippen LogP contribution in [0, 0.1) is 0 Å². The van der Waals surface area contributed by atoms with Gasteiger partial charge in [-0.05, 0) is 36.6 Å². The Bertz CT molecular complexity index is 780. The quantitative estimate of drug-likeness (QED) is 0.891. The van der Waals surface area contributed by atoms with Crippen LogP contribution in [-0.4, -0.2) is 25.4 Å². The molecule has 6 nitrogen and oxygen atoms in total. The van der Waals surface area contributed by atoms with E-state index in [1.165, 1.54) is 9.25 Å². The molecule has 23 heavy (non-hydrogen) atoms. The largest absolute Gasteiger partial charge is 0.480 e. The molecule has 0 spiro atoms. The van der Waals surface area contributed by atoms with Crippen LogP contribution in [-0.2, 0) is 17.8 Å². The standard InChI is InChI=1S/C14H13Cl2N3O3.ClH/c15-9-4-8(5-10(16)6-9)7-18-14(22)19-11(13(20)21)2-1-3-12(19)17-18;/h4-6,11H,1-3,7H2,(H,20,21);1H/t11-;/m1./s1. The van der Waals surface area contributed by atoms with Gasteiger partial charge in [0.2, 0.25) is 0 Å². The van der Waals surface area contributed by atoms with Gasteiger partial charge in [-0.2, -0.15) is 5.10 Å². The van der Waals surface area contributed by atoms with Crippen LogP contribution in [0.1, 0.15) is 30.3 Å². The second-order valence-electron chi connectivity index (χ2n) is 5.25. The van der Waals surface area contributed by atoms with Gasteiger partial charge in [0.15, 0.2) is 0 Å². The van der Waals surface area contributed by atoms with E-state index in [2.05, 4.69) is 5.10 Å². The van der Waals surface area contributed by atoms with E-state index in [1.54, 1.807) is 18.2 Å². The summed E-state index contributed by atoms with van der Waals surface area (Å²) in [5.41, 5.74) is 0.320. The number of hydrogen-bond acceptors (Lipinski definition) is 3. The highest BCUT2D eigenvalue weighted by molar-refractivity contribution is 6.34. The maximum Gasteiger partial charge on any atom is 0.347 e. The summed E-state index contributed by atoms with van der Waals surface area (Å²) >= 11 is 11.9. The topological polar surface area (TPSA) is 77.1 Å². The number of benzene rings is 1. The minimum atomic E-state index is -1.01. The summed E-state index contributed by atoms with van der Waals surface area (Å²) in [4.78, 5) is 23.7. The number of aliphatic carboxylic acids is 1. The van der Waals surface area contributed by atoms with Gasteiger partial charge in [-0.25, -0.2) is 14.3 Å². The van der Waals surface area contributed by atoms with Crippen LogP contribution in [0.3, 0.4) is 0 Å². The molecule has 0 saturated carbocycles. The summed E-state index contributed by atoms with van der Waals surface area (Å²) in [7, 11) is 0. The van der Waals surface area contributed by atoms with Crippen molar-refractivity contribution < 1.29 is 9.90 Å². The molecule has 0 bridgehead atoms. The third-order valence-corrected chi connectivity index (χ3v) is 4.11. The summed E-state index contributed by atoms with van der Waals surface area (Å²) < 4.78 is 2.54. The van der Waals surface area contributed by atoms with E-state index in [0.29, 0.717) is 35.1 Å². The second kappa shape index (κ2) is 6.95. The fourth-order valence-corrected chi connectivity index (χ4v) is 3.31. The smallest absolute Gasteiger partial charge is 0.347 e. The van der Waals surface area contributed by atoms with Crippen molar-refractivity contribution in [3.8, 4) is 0 Å². The lowest BCUT2D eigenvalue weighted by atomic mass is 10.1. The normalized spacial score (nSPS) is 16.5. The van der Waals surface area contributed by atoms with Crippen LogP contribution in [0.25, 0.3) is 0 Å². The molecule has 0 unspecified atom stereocenters. The molecule has 1 aromatic heterocycles. The van der Waals surface area contributed by atoms with E-state index >= 15 is 0 Å². The Morgan fingerprint density at radius 2 is 1.96 bits per heavy atom. The van der Waals surface area contributed by atoms with Crippen molar-refractivity contribution in [3.63, 3.8) is 0 Å². The third-order valence-electron chi connectivity index (χ3n) is 3.67. The molecule has 3 rings (SSSR count). The Hall–Kier alpha value is -1.50. The van der Waals surface area contributed by atoms with Crippen molar-refractivity contribution in [2.24, 2.45) is 0 Å². The van der Waals surface area contributed by atoms with Crippen LogP contribution >= 0.6 is 35.6 Å². The molecular weight excluding hydrogens is 365 g/mol. The zero-order valence-corrected chi connectivity index (χ0v) is 14.2. The maximum atomic E-state index is 12.4. The van der Waals surface area contributed by atoms with Gasteiger partial charge in [0.1, 0.15) is 11.9 Å². The molecule has 2 aromatic rings. The molecule has 1 aliphatic rings. The zero-order valence-electron chi connectivity index (χ0n) is 11.9. The van der Waals surface area contributed by atoms with E-state index in [4.69, 9.17) is 23.2 Å². The molecule has 9 heteroatoms. The first-order valence-corrected chi connectivity index (χ1v) is 7.57. The minimum Gasteiger partial charge on any atom is -0.480 e. The first-order valence-electron chi connectivity index (χ1n) is 6.81. The fraction of sp³-hybridized carbons (Fsp3) is 0.357. The molecule has 1 atom stereocenters. The SMILES string of the molecule is Cl.O=C(O)[C@H]1CCCc2nn(Cc3cc(Cl)cc(Cl)c3)c(=O)n21. The van der Waals surface area contributed by atoms with Gasteiger partial charge in [0.05, 0.1) is 6.54 Å². The number of nitrogens with zero attached hydrogens (tertiary/aromatic N) is 3.